The Morgan fingerprint density at radius 1 is 1.23 bits per heavy atom. The molecule has 4 heteroatoms. The summed E-state index contributed by atoms with van der Waals surface area (Å²) in [5, 5.41) is 0.120. The summed E-state index contributed by atoms with van der Waals surface area (Å²) in [7, 11) is 0. The van der Waals surface area contributed by atoms with Crippen molar-refractivity contribution >= 4 is 17.4 Å². The topological polar surface area (TPSA) is 43.1 Å². The van der Waals surface area contributed by atoms with Gasteiger partial charge in [-0.2, -0.15) is 0 Å². The quantitative estimate of drug-likeness (QED) is 0.848. The normalized spacial score (nSPS) is 15.6. The Labute approximate surface area is 134 Å². The third kappa shape index (κ3) is 2.79. The third-order valence-electron chi connectivity index (χ3n) is 4.15. The standard InChI is InChI=1S/C18H17ClFNO/c1-10-2-4-12(5-3-10)18(22)15-14(19)9-8-13(16(15)20)17(21)11-6-7-11/h2-5,8-9,11,17H,6-7,21H2,1H3/t17-/m1/s1. The minimum Gasteiger partial charge on any atom is -0.324 e. The van der Waals surface area contributed by atoms with Gasteiger partial charge in [-0.25, -0.2) is 4.39 Å². The van der Waals surface area contributed by atoms with Crippen molar-refractivity contribution in [1.82, 2.24) is 0 Å². The molecule has 1 aliphatic carbocycles. The SMILES string of the molecule is Cc1ccc(C(=O)c2c(Cl)ccc([C@H](N)C3CC3)c2F)cc1. The van der Waals surface area contributed by atoms with Crippen molar-refractivity contribution in [2.24, 2.45) is 11.7 Å². The highest BCUT2D eigenvalue weighted by Crippen LogP contribution is 2.41. The van der Waals surface area contributed by atoms with Crippen molar-refractivity contribution in [2.45, 2.75) is 25.8 Å². The lowest BCUT2D eigenvalue weighted by Gasteiger charge is -2.15. The molecule has 0 unspecified atom stereocenters. The highest BCUT2D eigenvalue weighted by molar-refractivity contribution is 6.35. The molecule has 22 heavy (non-hydrogen) atoms. The van der Waals surface area contributed by atoms with Gasteiger partial charge in [-0.1, -0.05) is 47.5 Å². The lowest BCUT2D eigenvalue weighted by atomic mass is 9.95. The second-order valence-corrected chi connectivity index (χ2v) is 6.29. The fourth-order valence-corrected chi connectivity index (χ4v) is 2.82. The average Bonchev–Trinajstić information content (AvgIpc) is 3.32. The van der Waals surface area contributed by atoms with Crippen LogP contribution >= 0.6 is 11.6 Å². The fourth-order valence-electron chi connectivity index (χ4n) is 2.59. The fraction of sp³-hybridized carbons (Fsp3) is 0.278. The zero-order valence-electron chi connectivity index (χ0n) is 12.3. The van der Waals surface area contributed by atoms with Crippen molar-refractivity contribution < 1.29 is 9.18 Å². The summed E-state index contributed by atoms with van der Waals surface area (Å²) in [5.41, 5.74) is 7.83. The van der Waals surface area contributed by atoms with E-state index in [4.69, 9.17) is 17.3 Å². The van der Waals surface area contributed by atoms with Gasteiger partial charge in [-0.3, -0.25) is 4.79 Å². The maximum absolute atomic E-state index is 14.8. The van der Waals surface area contributed by atoms with E-state index < -0.39 is 11.6 Å². The second kappa shape index (κ2) is 5.82. The molecule has 3 rings (SSSR count). The molecule has 114 valence electrons. The van der Waals surface area contributed by atoms with Crippen LogP contribution in [0.15, 0.2) is 36.4 Å². The molecule has 0 radical (unpaired) electrons. The molecule has 0 amide bonds. The summed E-state index contributed by atoms with van der Waals surface area (Å²) in [6.45, 7) is 1.93. The summed E-state index contributed by atoms with van der Waals surface area (Å²) in [4.78, 5) is 12.6. The van der Waals surface area contributed by atoms with Crippen LogP contribution in [0.5, 0.6) is 0 Å². The van der Waals surface area contributed by atoms with Crippen LogP contribution in [-0.2, 0) is 0 Å². The summed E-state index contributed by atoms with van der Waals surface area (Å²) in [6.07, 6.45) is 2.01. The van der Waals surface area contributed by atoms with E-state index in [1.807, 2.05) is 19.1 Å². The van der Waals surface area contributed by atoms with Gasteiger partial charge in [0.1, 0.15) is 5.82 Å². The van der Waals surface area contributed by atoms with E-state index in [2.05, 4.69) is 0 Å². The van der Waals surface area contributed by atoms with Gasteiger partial charge in [0.15, 0.2) is 5.78 Å². The first-order chi connectivity index (χ1) is 10.5. The van der Waals surface area contributed by atoms with Gasteiger partial charge >= 0.3 is 0 Å². The first kappa shape index (κ1) is 15.2. The molecule has 2 aromatic rings. The largest absolute Gasteiger partial charge is 0.324 e. The van der Waals surface area contributed by atoms with Crippen LogP contribution in [0.3, 0.4) is 0 Å². The molecule has 1 fully saturated rings. The molecule has 1 aliphatic rings. The van der Waals surface area contributed by atoms with E-state index >= 15 is 0 Å². The Bertz CT molecular complexity index is 723. The van der Waals surface area contributed by atoms with Gasteiger partial charge in [0, 0.05) is 17.2 Å². The number of halogens is 2. The molecule has 2 aromatic carbocycles. The molecule has 0 aliphatic heterocycles. The monoisotopic (exact) mass is 317 g/mol. The molecule has 2 N–H and O–H groups in total. The minimum atomic E-state index is -0.586. The van der Waals surface area contributed by atoms with E-state index in [1.54, 1.807) is 24.3 Å². The van der Waals surface area contributed by atoms with E-state index in [-0.39, 0.29) is 16.6 Å². The van der Waals surface area contributed by atoms with Crippen LogP contribution in [0.25, 0.3) is 0 Å². The van der Waals surface area contributed by atoms with Crippen molar-refractivity contribution in [3.63, 3.8) is 0 Å². The average molecular weight is 318 g/mol. The van der Waals surface area contributed by atoms with Crippen LogP contribution < -0.4 is 5.73 Å². The van der Waals surface area contributed by atoms with Crippen LogP contribution in [0, 0.1) is 18.7 Å². The summed E-state index contributed by atoms with van der Waals surface area (Å²) >= 11 is 6.08. The molecule has 0 aromatic heterocycles. The molecular formula is C18H17ClFNO. The molecule has 0 bridgehead atoms. The summed E-state index contributed by atoms with van der Waals surface area (Å²) in [6, 6.07) is 9.78. The first-order valence-electron chi connectivity index (χ1n) is 7.34. The van der Waals surface area contributed by atoms with Gasteiger partial charge in [0.05, 0.1) is 10.6 Å². The van der Waals surface area contributed by atoms with Crippen LogP contribution in [0.4, 0.5) is 4.39 Å². The van der Waals surface area contributed by atoms with Crippen molar-refractivity contribution in [3.05, 3.63) is 69.5 Å². The van der Waals surface area contributed by atoms with Gasteiger partial charge in [0.2, 0.25) is 0 Å². The molecule has 0 spiro atoms. The molecule has 1 saturated carbocycles. The Balaban J connectivity index is 2.03. The van der Waals surface area contributed by atoms with E-state index in [0.717, 1.165) is 18.4 Å². The van der Waals surface area contributed by atoms with Crippen LogP contribution in [0.1, 0.15) is 45.9 Å². The van der Waals surface area contributed by atoms with Gasteiger partial charge in [-0.05, 0) is 31.7 Å². The molecule has 2 nitrogen and oxygen atoms in total. The number of aryl methyl sites for hydroxylation is 1. The maximum Gasteiger partial charge on any atom is 0.197 e. The van der Waals surface area contributed by atoms with Crippen LogP contribution in [0.2, 0.25) is 5.02 Å². The Morgan fingerprint density at radius 2 is 1.86 bits per heavy atom. The Morgan fingerprint density at radius 3 is 2.45 bits per heavy atom. The van der Waals surface area contributed by atoms with Gasteiger partial charge in [0.25, 0.3) is 0 Å². The predicted molar refractivity (Wildman–Crippen MR) is 85.7 cm³/mol. The number of ketones is 1. The van der Waals surface area contributed by atoms with Crippen molar-refractivity contribution in [3.8, 4) is 0 Å². The summed E-state index contributed by atoms with van der Waals surface area (Å²) in [5.74, 6) is -0.692. The van der Waals surface area contributed by atoms with Gasteiger partial charge in [-0.15, -0.1) is 0 Å². The smallest absolute Gasteiger partial charge is 0.197 e. The highest BCUT2D eigenvalue weighted by atomic mass is 35.5. The zero-order chi connectivity index (χ0) is 15.9. The molecular weight excluding hydrogens is 301 g/mol. The summed E-state index contributed by atoms with van der Waals surface area (Å²) < 4.78 is 14.8. The number of rotatable bonds is 4. The maximum atomic E-state index is 14.8. The highest BCUT2D eigenvalue weighted by Gasteiger charge is 2.33. The van der Waals surface area contributed by atoms with E-state index in [9.17, 15) is 9.18 Å². The lowest BCUT2D eigenvalue weighted by molar-refractivity contribution is 0.103. The number of carbonyl (C=O) groups is 1. The number of hydrogen-bond donors (Lipinski definition) is 1. The lowest BCUT2D eigenvalue weighted by Crippen LogP contribution is -2.17. The second-order valence-electron chi connectivity index (χ2n) is 5.88. The third-order valence-corrected chi connectivity index (χ3v) is 4.47. The van der Waals surface area contributed by atoms with Crippen LogP contribution in [-0.4, -0.2) is 5.78 Å². The first-order valence-corrected chi connectivity index (χ1v) is 7.71. The van der Waals surface area contributed by atoms with Gasteiger partial charge < -0.3 is 5.73 Å². The number of benzene rings is 2. The van der Waals surface area contributed by atoms with Crippen molar-refractivity contribution in [1.29, 1.82) is 0 Å². The minimum absolute atomic E-state index is 0.0841. The zero-order valence-corrected chi connectivity index (χ0v) is 13.0. The van der Waals surface area contributed by atoms with Crippen molar-refractivity contribution in [2.75, 3.05) is 0 Å². The Hall–Kier alpha value is -1.71. The molecule has 0 heterocycles. The number of nitrogens with two attached hydrogens (primary N) is 1. The number of carbonyl (C=O) groups excluding carboxylic acids is 1. The predicted octanol–water partition coefficient (Wildman–Crippen LogP) is 4.43. The van der Waals surface area contributed by atoms with E-state index in [1.165, 1.54) is 0 Å². The molecule has 1 atom stereocenters. The number of hydrogen-bond acceptors (Lipinski definition) is 2. The van der Waals surface area contributed by atoms with E-state index in [0.29, 0.717) is 17.0 Å². The molecule has 0 saturated heterocycles. The Kier molecular flexibility index (Phi) is 4.02.